The molecule has 0 saturated heterocycles. The summed E-state index contributed by atoms with van der Waals surface area (Å²) in [5.74, 6) is 1.99. The second-order valence-electron chi connectivity index (χ2n) is 7.19. The minimum absolute atomic E-state index is 0. The maximum Gasteiger partial charge on any atom is 0.177 e. The van der Waals surface area contributed by atoms with Crippen LogP contribution < -0.4 is 5.32 Å². The average Bonchev–Trinajstić information content (AvgIpc) is 3.28. The van der Waals surface area contributed by atoms with Crippen molar-refractivity contribution in [3.63, 3.8) is 0 Å². The quantitative estimate of drug-likeness (QED) is 0.450. The minimum Gasteiger partial charge on any atom is -0.459 e. The van der Waals surface area contributed by atoms with Gasteiger partial charge in [-0.05, 0) is 44.0 Å². The third kappa shape index (κ3) is 3.60. The lowest BCUT2D eigenvalue weighted by molar-refractivity contribution is 0.228. The number of aromatic nitrogens is 1. The summed E-state index contributed by atoms with van der Waals surface area (Å²) in [5, 5.41) is 9.85. The summed E-state index contributed by atoms with van der Waals surface area (Å²) in [6.45, 7) is 4.03. The highest BCUT2D eigenvalue weighted by molar-refractivity contribution is 5.87. The number of unbranched alkanes of at least 4 members (excludes halogenated alkanes) is 1. The lowest BCUT2D eigenvalue weighted by Gasteiger charge is -2.25. The molecular weight excluding hydrogens is 374 g/mol. The van der Waals surface area contributed by atoms with Crippen LogP contribution in [0.25, 0.3) is 21.9 Å². The number of hydrogen-bond donors (Lipinski definition) is 1. The van der Waals surface area contributed by atoms with Crippen molar-refractivity contribution < 1.29 is 8.94 Å². The van der Waals surface area contributed by atoms with Crippen LogP contribution in [0.2, 0.25) is 0 Å². The van der Waals surface area contributed by atoms with Crippen LogP contribution in [-0.2, 0) is 13.0 Å². The molecule has 0 aliphatic carbocycles. The van der Waals surface area contributed by atoms with Gasteiger partial charge in [0, 0.05) is 24.0 Å². The zero-order valence-electron chi connectivity index (χ0n) is 15.7. The first kappa shape index (κ1) is 18.8. The molecule has 0 amide bonds. The number of fused-ring (bicyclic) bond motifs is 4. The third-order valence-electron chi connectivity index (χ3n) is 5.40. The molecule has 4 aromatic rings. The van der Waals surface area contributed by atoms with Gasteiger partial charge >= 0.3 is 0 Å². The molecule has 0 fully saturated rings. The Morgan fingerprint density at radius 1 is 0.964 bits per heavy atom. The molecule has 0 unspecified atom stereocenters. The molecule has 0 saturated carbocycles. The number of benzene rings is 2. The SMILES string of the molecule is Cl.c1ccc2c(NCCCCN3CCc4c(oc5ccccc45)C3)noc2c1. The standard InChI is InChI=1S/C22H23N3O2.ClH/c1-3-9-19-16(7-1)17-11-14-25(15-21(17)26-19)13-6-5-12-23-22-18-8-2-4-10-20(18)27-24-22;/h1-4,7-10H,5-6,11-15H2,(H,23,24);1H. The van der Waals surface area contributed by atoms with Crippen molar-refractivity contribution >= 4 is 40.2 Å². The van der Waals surface area contributed by atoms with Gasteiger partial charge in [-0.15, -0.1) is 12.4 Å². The Morgan fingerprint density at radius 2 is 1.75 bits per heavy atom. The van der Waals surface area contributed by atoms with E-state index in [0.717, 1.165) is 73.6 Å². The lowest BCUT2D eigenvalue weighted by Crippen LogP contribution is -2.31. The van der Waals surface area contributed by atoms with Crippen molar-refractivity contribution in [2.45, 2.75) is 25.8 Å². The van der Waals surface area contributed by atoms with Crippen LogP contribution in [0.1, 0.15) is 24.2 Å². The predicted octanol–water partition coefficient (Wildman–Crippen LogP) is 5.25. The van der Waals surface area contributed by atoms with Crippen LogP contribution in [0.4, 0.5) is 5.82 Å². The van der Waals surface area contributed by atoms with Crippen LogP contribution >= 0.6 is 12.4 Å². The number of halogens is 1. The molecule has 2 aromatic heterocycles. The van der Waals surface area contributed by atoms with Gasteiger partial charge in [-0.25, -0.2) is 0 Å². The predicted molar refractivity (Wildman–Crippen MR) is 114 cm³/mol. The maximum atomic E-state index is 6.07. The van der Waals surface area contributed by atoms with E-state index in [-0.39, 0.29) is 12.4 Å². The fourth-order valence-corrected chi connectivity index (χ4v) is 3.97. The molecule has 0 bridgehead atoms. The molecule has 5 nitrogen and oxygen atoms in total. The second-order valence-corrected chi connectivity index (χ2v) is 7.19. The van der Waals surface area contributed by atoms with Crippen molar-refractivity contribution in [3.8, 4) is 0 Å². The number of hydrogen-bond acceptors (Lipinski definition) is 5. The van der Waals surface area contributed by atoms with Gasteiger partial charge in [0.25, 0.3) is 0 Å². The Kier molecular flexibility index (Phi) is 5.55. The van der Waals surface area contributed by atoms with Gasteiger partial charge < -0.3 is 14.3 Å². The van der Waals surface area contributed by atoms with E-state index >= 15 is 0 Å². The van der Waals surface area contributed by atoms with Crippen LogP contribution in [0, 0.1) is 0 Å². The molecule has 28 heavy (non-hydrogen) atoms. The first-order chi connectivity index (χ1) is 13.4. The zero-order chi connectivity index (χ0) is 18.1. The number of furan rings is 1. The van der Waals surface area contributed by atoms with Gasteiger partial charge in [0.1, 0.15) is 11.3 Å². The molecule has 1 aliphatic rings. The topological polar surface area (TPSA) is 54.4 Å². The van der Waals surface area contributed by atoms with Crippen LogP contribution in [0.15, 0.2) is 57.5 Å². The molecule has 0 spiro atoms. The van der Waals surface area contributed by atoms with Crippen molar-refractivity contribution in [3.05, 3.63) is 59.9 Å². The Labute approximate surface area is 170 Å². The zero-order valence-corrected chi connectivity index (χ0v) is 16.5. The molecule has 1 N–H and O–H groups in total. The number of rotatable bonds is 6. The van der Waals surface area contributed by atoms with Crippen LogP contribution in [0.5, 0.6) is 0 Å². The fourth-order valence-electron chi connectivity index (χ4n) is 3.97. The number of anilines is 1. The van der Waals surface area contributed by atoms with Crippen molar-refractivity contribution in [2.24, 2.45) is 0 Å². The molecule has 146 valence electrons. The summed E-state index contributed by atoms with van der Waals surface area (Å²) in [5.41, 5.74) is 3.25. The van der Waals surface area contributed by atoms with Gasteiger partial charge in [0.2, 0.25) is 0 Å². The van der Waals surface area contributed by atoms with Crippen molar-refractivity contribution in [1.29, 1.82) is 0 Å². The van der Waals surface area contributed by atoms with E-state index in [4.69, 9.17) is 8.94 Å². The normalized spacial score (nSPS) is 14.1. The first-order valence-corrected chi connectivity index (χ1v) is 9.68. The molecule has 3 heterocycles. The second kappa shape index (κ2) is 8.25. The molecule has 6 heteroatoms. The van der Waals surface area contributed by atoms with E-state index in [1.165, 1.54) is 10.9 Å². The number of nitrogens with one attached hydrogen (secondary N) is 1. The smallest absolute Gasteiger partial charge is 0.177 e. The van der Waals surface area contributed by atoms with E-state index in [2.05, 4.69) is 33.6 Å². The highest BCUT2D eigenvalue weighted by Gasteiger charge is 2.21. The van der Waals surface area contributed by atoms with Gasteiger partial charge in [0.15, 0.2) is 11.4 Å². The van der Waals surface area contributed by atoms with Gasteiger partial charge in [0.05, 0.1) is 11.9 Å². The van der Waals surface area contributed by atoms with Crippen LogP contribution in [-0.4, -0.2) is 29.7 Å². The molecule has 0 atom stereocenters. The molecule has 0 radical (unpaired) electrons. The minimum atomic E-state index is 0. The summed E-state index contributed by atoms with van der Waals surface area (Å²) in [4.78, 5) is 2.50. The highest BCUT2D eigenvalue weighted by atomic mass is 35.5. The third-order valence-corrected chi connectivity index (χ3v) is 5.40. The summed E-state index contributed by atoms with van der Waals surface area (Å²) < 4.78 is 11.4. The number of para-hydroxylation sites is 2. The summed E-state index contributed by atoms with van der Waals surface area (Å²) in [6, 6.07) is 16.3. The van der Waals surface area contributed by atoms with Crippen molar-refractivity contribution in [1.82, 2.24) is 10.1 Å². The van der Waals surface area contributed by atoms with E-state index < -0.39 is 0 Å². The average molecular weight is 398 g/mol. The molecule has 2 aromatic carbocycles. The first-order valence-electron chi connectivity index (χ1n) is 9.68. The van der Waals surface area contributed by atoms with E-state index in [1.807, 2.05) is 30.3 Å². The van der Waals surface area contributed by atoms with Crippen molar-refractivity contribution in [2.75, 3.05) is 25.0 Å². The number of nitrogens with zero attached hydrogens (tertiary/aromatic N) is 2. The molecule has 1 aliphatic heterocycles. The Balaban J connectivity index is 0.00000192. The van der Waals surface area contributed by atoms with Gasteiger partial charge in [-0.3, -0.25) is 4.90 Å². The largest absolute Gasteiger partial charge is 0.459 e. The molecule has 5 rings (SSSR count). The lowest BCUT2D eigenvalue weighted by atomic mass is 10.0. The molecular formula is C22H24ClN3O2. The maximum absolute atomic E-state index is 6.07. The fraction of sp³-hybridized carbons (Fsp3) is 0.318. The monoisotopic (exact) mass is 397 g/mol. The Morgan fingerprint density at radius 3 is 2.64 bits per heavy atom. The van der Waals surface area contributed by atoms with E-state index in [1.54, 1.807) is 0 Å². The van der Waals surface area contributed by atoms with Gasteiger partial charge in [-0.1, -0.05) is 35.5 Å². The summed E-state index contributed by atoms with van der Waals surface area (Å²) in [7, 11) is 0. The highest BCUT2D eigenvalue weighted by Crippen LogP contribution is 2.30. The Hall–Kier alpha value is -2.50. The summed E-state index contributed by atoms with van der Waals surface area (Å²) in [6.07, 6.45) is 3.33. The van der Waals surface area contributed by atoms with E-state index in [9.17, 15) is 0 Å². The Bertz CT molecular complexity index is 1070. The summed E-state index contributed by atoms with van der Waals surface area (Å²) >= 11 is 0. The van der Waals surface area contributed by atoms with E-state index in [0.29, 0.717) is 0 Å². The van der Waals surface area contributed by atoms with Crippen LogP contribution in [0.3, 0.4) is 0 Å². The van der Waals surface area contributed by atoms with Gasteiger partial charge in [-0.2, -0.15) is 0 Å².